The lowest BCUT2D eigenvalue weighted by Crippen LogP contribution is -2.22. The summed E-state index contributed by atoms with van der Waals surface area (Å²) in [4.78, 5) is 21.4. The van der Waals surface area contributed by atoms with Gasteiger partial charge in [-0.3, -0.25) is 14.9 Å². The molecule has 6 nitrogen and oxygen atoms in total. The number of nitro benzene ring substituents is 1. The fourth-order valence-electron chi connectivity index (χ4n) is 1.73. The van der Waals surface area contributed by atoms with Crippen LogP contribution in [-0.4, -0.2) is 17.4 Å². The van der Waals surface area contributed by atoms with Crippen LogP contribution in [0.15, 0.2) is 36.4 Å². The van der Waals surface area contributed by atoms with Crippen molar-refractivity contribution in [2.45, 2.75) is 0 Å². The van der Waals surface area contributed by atoms with Gasteiger partial charge in [0.2, 0.25) is 11.7 Å². The molecular weight excluding hydrogens is 315 g/mol. The molecule has 0 atom stereocenters. The van der Waals surface area contributed by atoms with Crippen LogP contribution in [0.4, 0.5) is 30.2 Å². The molecule has 2 aromatic rings. The van der Waals surface area contributed by atoms with Crippen LogP contribution in [0.5, 0.6) is 0 Å². The summed E-state index contributed by atoms with van der Waals surface area (Å²) < 4.78 is 39.3. The summed E-state index contributed by atoms with van der Waals surface area (Å²) in [6, 6.07) is 5.69. The number of nitrogens with one attached hydrogen (secondary N) is 2. The molecular formula is C14H10F3N3O3. The molecule has 0 heterocycles. The predicted molar refractivity (Wildman–Crippen MR) is 76.5 cm³/mol. The van der Waals surface area contributed by atoms with Crippen molar-refractivity contribution in [1.29, 1.82) is 0 Å². The Balaban J connectivity index is 1.99. The van der Waals surface area contributed by atoms with Gasteiger partial charge in [0.25, 0.3) is 0 Å². The third-order valence-corrected chi connectivity index (χ3v) is 2.80. The molecule has 0 fully saturated rings. The molecule has 23 heavy (non-hydrogen) atoms. The van der Waals surface area contributed by atoms with E-state index in [1.807, 2.05) is 0 Å². The molecule has 1 amide bonds. The van der Waals surface area contributed by atoms with Crippen LogP contribution < -0.4 is 10.6 Å². The van der Waals surface area contributed by atoms with Crippen molar-refractivity contribution in [3.8, 4) is 0 Å². The zero-order valence-electron chi connectivity index (χ0n) is 11.5. The minimum atomic E-state index is -1.00. The molecule has 0 saturated carbocycles. The largest absolute Gasteiger partial charge is 0.376 e. The number of carbonyl (C=O) groups is 1. The van der Waals surface area contributed by atoms with E-state index in [1.165, 1.54) is 6.07 Å². The van der Waals surface area contributed by atoms with Crippen LogP contribution in [0.25, 0.3) is 0 Å². The van der Waals surface area contributed by atoms with E-state index in [-0.39, 0.29) is 17.9 Å². The topological polar surface area (TPSA) is 84.3 Å². The standard InChI is InChI=1S/C14H10F3N3O3/c15-8-1-4-12(11(17)5-8)19-14(21)7-18-9-2-3-10(16)13(6-9)20(22)23/h1-6,18H,7H2,(H,19,21). The summed E-state index contributed by atoms with van der Waals surface area (Å²) in [6.07, 6.45) is 0. The highest BCUT2D eigenvalue weighted by Gasteiger charge is 2.15. The minimum absolute atomic E-state index is 0.146. The molecule has 2 aromatic carbocycles. The van der Waals surface area contributed by atoms with Crippen LogP contribution in [0, 0.1) is 27.6 Å². The number of amides is 1. The number of anilines is 2. The van der Waals surface area contributed by atoms with Crippen LogP contribution in [0.2, 0.25) is 0 Å². The van der Waals surface area contributed by atoms with Crippen LogP contribution >= 0.6 is 0 Å². The highest BCUT2D eigenvalue weighted by Crippen LogP contribution is 2.21. The number of benzene rings is 2. The molecule has 0 saturated heterocycles. The number of rotatable bonds is 5. The smallest absolute Gasteiger partial charge is 0.306 e. The van der Waals surface area contributed by atoms with Crippen molar-refractivity contribution < 1.29 is 22.9 Å². The van der Waals surface area contributed by atoms with Crippen molar-refractivity contribution in [2.24, 2.45) is 0 Å². The lowest BCUT2D eigenvalue weighted by Gasteiger charge is -2.08. The number of halogens is 3. The summed E-state index contributed by atoms with van der Waals surface area (Å²) >= 11 is 0. The van der Waals surface area contributed by atoms with Crippen molar-refractivity contribution in [3.63, 3.8) is 0 Å². The van der Waals surface area contributed by atoms with Gasteiger partial charge in [-0.15, -0.1) is 0 Å². The Hall–Kier alpha value is -3.10. The van der Waals surface area contributed by atoms with Crippen molar-refractivity contribution in [2.75, 3.05) is 17.2 Å². The Morgan fingerprint density at radius 1 is 1.09 bits per heavy atom. The first-order chi connectivity index (χ1) is 10.9. The number of hydrogen-bond donors (Lipinski definition) is 2. The molecule has 0 radical (unpaired) electrons. The monoisotopic (exact) mass is 325 g/mol. The van der Waals surface area contributed by atoms with Crippen LogP contribution in [0.1, 0.15) is 0 Å². The third-order valence-electron chi connectivity index (χ3n) is 2.80. The number of nitrogens with zero attached hydrogens (tertiary/aromatic N) is 1. The van der Waals surface area contributed by atoms with E-state index in [0.29, 0.717) is 6.07 Å². The van der Waals surface area contributed by atoms with Crippen LogP contribution in [-0.2, 0) is 4.79 Å². The van der Waals surface area contributed by atoms with Gasteiger partial charge in [0.1, 0.15) is 11.6 Å². The second-order valence-electron chi connectivity index (χ2n) is 4.45. The fraction of sp³-hybridized carbons (Fsp3) is 0.0714. The zero-order valence-corrected chi connectivity index (χ0v) is 11.5. The number of hydrogen-bond acceptors (Lipinski definition) is 4. The van der Waals surface area contributed by atoms with E-state index in [4.69, 9.17) is 0 Å². The Morgan fingerprint density at radius 3 is 2.48 bits per heavy atom. The van der Waals surface area contributed by atoms with E-state index in [1.54, 1.807) is 0 Å². The molecule has 0 spiro atoms. The maximum atomic E-state index is 13.4. The minimum Gasteiger partial charge on any atom is -0.376 e. The molecule has 0 bridgehead atoms. The zero-order chi connectivity index (χ0) is 17.0. The Bertz CT molecular complexity index is 768. The average molecular weight is 325 g/mol. The van der Waals surface area contributed by atoms with Gasteiger partial charge in [-0.2, -0.15) is 4.39 Å². The Kier molecular flexibility index (Phi) is 4.79. The summed E-state index contributed by atoms with van der Waals surface area (Å²) in [6.45, 7) is -0.348. The first kappa shape index (κ1) is 16.3. The maximum absolute atomic E-state index is 13.4. The number of carbonyl (C=O) groups excluding carboxylic acids is 1. The van der Waals surface area contributed by atoms with Gasteiger partial charge < -0.3 is 10.6 Å². The SMILES string of the molecule is O=C(CNc1ccc(F)c([N+](=O)[O-])c1)Nc1ccc(F)cc1F. The quantitative estimate of drug-likeness (QED) is 0.653. The molecule has 0 aliphatic rings. The van der Waals surface area contributed by atoms with E-state index >= 15 is 0 Å². The molecule has 9 heteroatoms. The van der Waals surface area contributed by atoms with Gasteiger partial charge in [0.05, 0.1) is 17.2 Å². The summed E-state index contributed by atoms with van der Waals surface area (Å²) in [5.41, 5.74) is -0.795. The first-order valence-corrected chi connectivity index (χ1v) is 6.29. The molecule has 0 aromatic heterocycles. The van der Waals surface area contributed by atoms with Gasteiger partial charge in [-0.1, -0.05) is 0 Å². The van der Waals surface area contributed by atoms with Crippen LogP contribution in [0.3, 0.4) is 0 Å². The van der Waals surface area contributed by atoms with E-state index in [9.17, 15) is 28.1 Å². The lowest BCUT2D eigenvalue weighted by atomic mass is 10.2. The first-order valence-electron chi connectivity index (χ1n) is 6.29. The molecule has 0 aliphatic carbocycles. The number of nitro groups is 1. The lowest BCUT2D eigenvalue weighted by molar-refractivity contribution is -0.387. The van der Waals surface area contributed by atoms with Gasteiger partial charge >= 0.3 is 5.69 Å². The summed E-state index contributed by atoms with van der Waals surface area (Å²) in [5.74, 6) is -3.38. The van der Waals surface area contributed by atoms with Crippen molar-refractivity contribution in [1.82, 2.24) is 0 Å². The normalized spacial score (nSPS) is 10.2. The highest BCUT2D eigenvalue weighted by molar-refractivity contribution is 5.93. The molecule has 0 unspecified atom stereocenters. The van der Waals surface area contributed by atoms with Gasteiger partial charge in [-0.25, -0.2) is 8.78 Å². The van der Waals surface area contributed by atoms with Crippen molar-refractivity contribution >= 4 is 23.0 Å². The molecule has 120 valence electrons. The van der Waals surface area contributed by atoms with E-state index in [2.05, 4.69) is 10.6 Å². The van der Waals surface area contributed by atoms with E-state index < -0.39 is 34.0 Å². The molecule has 2 N–H and O–H groups in total. The summed E-state index contributed by atoms with van der Waals surface area (Å²) in [7, 11) is 0. The summed E-state index contributed by atoms with van der Waals surface area (Å²) in [5, 5.41) is 15.3. The second kappa shape index (κ2) is 6.77. The second-order valence-corrected chi connectivity index (χ2v) is 4.45. The molecule has 2 rings (SSSR count). The maximum Gasteiger partial charge on any atom is 0.306 e. The van der Waals surface area contributed by atoms with Crippen molar-refractivity contribution in [3.05, 3.63) is 64.0 Å². The third kappa shape index (κ3) is 4.19. The highest BCUT2D eigenvalue weighted by atomic mass is 19.1. The predicted octanol–water partition coefficient (Wildman–Crippen LogP) is 3.06. The van der Waals surface area contributed by atoms with Gasteiger partial charge in [0, 0.05) is 17.8 Å². The fourth-order valence-corrected chi connectivity index (χ4v) is 1.73. The molecule has 0 aliphatic heterocycles. The Labute approximate surface area is 128 Å². The average Bonchev–Trinajstić information content (AvgIpc) is 2.49. The Morgan fingerprint density at radius 2 is 1.83 bits per heavy atom. The van der Waals surface area contributed by atoms with E-state index in [0.717, 1.165) is 24.3 Å². The van der Waals surface area contributed by atoms with Gasteiger partial charge in [0.15, 0.2) is 0 Å². The van der Waals surface area contributed by atoms with Gasteiger partial charge in [-0.05, 0) is 24.3 Å².